The molecule has 4 nitrogen and oxygen atoms in total. The number of unbranched alkanes of at least 4 members (excludes halogenated alkanes) is 5. The molecule has 0 saturated heterocycles. The summed E-state index contributed by atoms with van der Waals surface area (Å²) in [5.41, 5.74) is 0. The van der Waals surface area contributed by atoms with E-state index in [1.165, 1.54) is 38.5 Å². The van der Waals surface area contributed by atoms with Gasteiger partial charge in [0.15, 0.2) is 0 Å². The fourth-order valence-corrected chi connectivity index (χ4v) is 1.67. The number of hydrogen-bond acceptors (Lipinski definition) is 4. The van der Waals surface area contributed by atoms with Gasteiger partial charge in [-0.15, -0.1) is 0 Å². The Morgan fingerprint density at radius 1 is 0.556 bits per heavy atom. The number of nitrogens with one attached hydrogen (secondary N) is 2. The maximum atomic E-state index is 5.47. The Morgan fingerprint density at radius 3 is 1.33 bits per heavy atom. The summed E-state index contributed by atoms with van der Waals surface area (Å²) in [5, 5.41) is 6.14. The van der Waals surface area contributed by atoms with Gasteiger partial charge in [-0.2, -0.15) is 0 Å². The van der Waals surface area contributed by atoms with E-state index in [1.54, 1.807) is 0 Å². The Bertz CT molecular complexity index is 130. The highest BCUT2D eigenvalue weighted by Gasteiger charge is 1.93. The third-order valence-electron chi connectivity index (χ3n) is 2.82. The zero-order valence-electron chi connectivity index (χ0n) is 12.3. The molecule has 18 heavy (non-hydrogen) atoms. The van der Waals surface area contributed by atoms with Crippen LogP contribution in [0.4, 0.5) is 0 Å². The van der Waals surface area contributed by atoms with Crippen LogP contribution in [0.2, 0.25) is 0 Å². The van der Waals surface area contributed by atoms with Gasteiger partial charge < -0.3 is 20.1 Å². The zero-order chi connectivity index (χ0) is 13.3. The second kappa shape index (κ2) is 16.8. The van der Waals surface area contributed by atoms with Crippen molar-refractivity contribution in [3.05, 3.63) is 0 Å². The van der Waals surface area contributed by atoms with Gasteiger partial charge >= 0.3 is 0 Å². The summed E-state index contributed by atoms with van der Waals surface area (Å²) in [4.78, 5) is 0. The lowest BCUT2D eigenvalue weighted by Crippen LogP contribution is -2.14. The number of hydrogen-bond donors (Lipinski definition) is 2. The van der Waals surface area contributed by atoms with Crippen molar-refractivity contribution in [1.82, 2.24) is 10.6 Å². The molecule has 0 aliphatic rings. The van der Waals surface area contributed by atoms with Gasteiger partial charge in [-0.3, -0.25) is 0 Å². The summed E-state index contributed by atoms with van der Waals surface area (Å²) < 4.78 is 10.9. The van der Waals surface area contributed by atoms with Crippen LogP contribution in [0, 0.1) is 0 Å². The first kappa shape index (κ1) is 17.8. The second-order valence-corrected chi connectivity index (χ2v) is 4.55. The Labute approximate surface area is 113 Å². The standard InChI is InChI=1S/C14H32N2O2/c1-15-9-13-17-11-7-5-3-4-6-8-12-18-14-10-16-2/h15-16H,3-14H2,1-2H3. The predicted octanol–water partition coefficient (Wildman–Crippen LogP) is 1.80. The Kier molecular flexibility index (Phi) is 16.7. The Balaban J connectivity index is 2.86. The summed E-state index contributed by atoms with van der Waals surface area (Å²) in [6, 6.07) is 0. The number of likely N-dealkylation sites (N-methyl/N-ethyl adjacent to an activating group) is 2. The number of rotatable bonds is 15. The monoisotopic (exact) mass is 260 g/mol. The van der Waals surface area contributed by atoms with Crippen LogP contribution in [0.1, 0.15) is 38.5 Å². The first-order chi connectivity index (χ1) is 8.91. The highest BCUT2D eigenvalue weighted by molar-refractivity contribution is 4.46. The minimum absolute atomic E-state index is 0.834. The largest absolute Gasteiger partial charge is 0.380 e. The molecule has 0 spiro atoms. The van der Waals surface area contributed by atoms with Crippen molar-refractivity contribution >= 4 is 0 Å². The molecule has 0 saturated carbocycles. The molecule has 0 radical (unpaired) electrons. The SMILES string of the molecule is CNCCOCCCCCCCCOCCNC. The van der Waals surface area contributed by atoms with Crippen molar-refractivity contribution in [2.24, 2.45) is 0 Å². The minimum Gasteiger partial charge on any atom is -0.380 e. The molecule has 0 aromatic rings. The normalized spacial score (nSPS) is 11.0. The van der Waals surface area contributed by atoms with Crippen LogP contribution >= 0.6 is 0 Å². The van der Waals surface area contributed by atoms with E-state index >= 15 is 0 Å². The molecule has 0 unspecified atom stereocenters. The zero-order valence-corrected chi connectivity index (χ0v) is 12.3. The molecular weight excluding hydrogens is 228 g/mol. The second-order valence-electron chi connectivity index (χ2n) is 4.55. The highest BCUT2D eigenvalue weighted by Crippen LogP contribution is 2.05. The summed E-state index contributed by atoms with van der Waals surface area (Å²) in [7, 11) is 3.90. The topological polar surface area (TPSA) is 42.5 Å². The average molecular weight is 260 g/mol. The van der Waals surface area contributed by atoms with E-state index in [9.17, 15) is 0 Å². The van der Waals surface area contributed by atoms with Crippen LogP contribution in [0.5, 0.6) is 0 Å². The quantitative estimate of drug-likeness (QED) is 0.441. The van der Waals surface area contributed by atoms with E-state index in [-0.39, 0.29) is 0 Å². The maximum absolute atomic E-state index is 5.47. The van der Waals surface area contributed by atoms with E-state index in [4.69, 9.17) is 9.47 Å². The highest BCUT2D eigenvalue weighted by atomic mass is 16.5. The fraction of sp³-hybridized carbons (Fsp3) is 1.00. The molecule has 2 N–H and O–H groups in total. The van der Waals surface area contributed by atoms with E-state index in [0.29, 0.717) is 0 Å². The lowest BCUT2D eigenvalue weighted by molar-refractivity contribution is 0.130. The van der Waals surface area contributed by atoms with Gasteiger partial charge in [0.2, 0.25) is 0 Å². The molecule has 0 atom stereocenters. The smallest absolute Gasteiger partial charge is 0.0590 e. The Hall–Kier alpha value is -0.160. The van der Waals surface area contributed by atoms with Crippen molar-refractivity contribution < 1.29 is 9.47 Å². The first-order valence-electron chi connectivity index (χ1n) is 7.36. The van der Waals surface area contributed by atoms with Gasteiger partial charge in [0.25, 0.3) is 0 Å². The molecule has 0 heterocycles. The molecule has 0 aromatic heterocycles. The van der Waals surface area contributed by atoms with Crippen molar-refractivity contribution in [3.63, 3.8) is 0 Å². The van der Waals surface area contributed by atoms with E-state index in [1.807, 2.05) is 14.1 Å². The molecule has 0 rings (SSSR count). The predicted molar refractivity (Wildman–Crippen MR) is 77.2 cm³/mol. The van der Waals surface area contributed by atoms with Gasteiger partial charge in [0, 0.05) is 26.3 Å². The summed E-state index contributed by atoms with van der Waals surface area (Å²) in [5.74, 6) is 0. The van der Waals surface area contributed by atoms with Crippen molar-refractivity contribution in [2.45, 2.75) is 38.5 Å². The van der Waals surface area contributed by atoms with Crippen molar-refractivity contribution in [3.8, 4) is 0 Å². The molecule has 0 bridgehead atoms. The van der Waals surface area contributed by atoms with Crippen LogP contribution in [-0.2, 0) is 9.47 Å². The number of ether oxygens (including phenoxy) is 2. The van der Waals surface area contributed by atoms with Crippen LogP contribution in [0.15, 0.2) is 0 Å². The minimum atomic E-state index is 0.834. The van der Waals surface area contributed by atoms with E-state index < -0.39 is 0 Å². The van der Waals surface area contributed by atoms with Crippen LogP contribution < -0.4 is 10.6 Å². The van der Waals surface area contributed by atoms with E-state index in [0.717, 1.165) is 39.5 Å². The third-order valence-corrected chi connectivity index (χ3v) is 2.82. The van der Waals surface area contributed by atoms with Crippen molar-refractivity contribution in [2.75, 3.05) is 53.6 Å². The van der Waals surface area contributed by atoms with Crippen LogP contribution in [0.25, 0.3) is 0 Å². The average Bonchev–Trinajstić information content (AvgIpc) is 2.39. The summed E-state index contributed by atoms with van der Waals surface area (Å²) in [6.07, 6.45) is 7.63. The fourth-order valence-electron chi connectivity index (χ4n) is 1.67. The molecule has 0 aliphatic heterocycles. The summed E-state index contributed by atoms with van der Waals surface area (Å²) in [6.45, 7) is 5.39. The summed E-state index contributed by atoms with van der Waals surface area (Å²) >= 11 is 0. The van der Waals surface area contributed by atoms with Gasteiger partial charge in [0.1, 0.15) is 0 Å². The van der Waals surface area contributed by atoms with Crippen LogP contribution in [-0.4, -0.2) is 53.6 Å². The Morgan fingerprint density at radius 2 is 0.944 bits per heavy atom. The molecule has 0 fully saturated rings. The van der Waals surface area contributed by atoms with Crippen LogP contribution in [0.3, 0.4) is 0 Å². The maximum Gasteiger partial charge on any atom is 0.0590 e. The van der Waals surface area contributed by atoms with Gasteiger partial charge in [-0.25, -0.2) is 0 Å². The molecular formula is C14H32N2O2. The van der Waals surface area contributed by atoms with Crippen molar-refractivity contribution in [1.29, 1.82) is 0 Å². The lowest BCUT2D eigenvalue weighted by atomic mass is 10.1. The molecule has 0 amide bonds. The van der Waals surface area contributed by atoms with Gasteiger partial charge in [-0.1, -0.05) is 25.7 Å². The lowest BCUT2D eigenvalue weighted by Gasteiger charge is -2.05. The third kappa shape index (κ3) is 15.8. The van der Waals surface area contributed by atoms with E-state index in [2.05, 4.69) is 10.6 Å². The van der Waals surface area contributed by atoms with Gasteiger partial charge in [-0.05, 0) is 26.9 Å². The molecule has 4 heteroatoms. The van der Waals surface area contributed by atoms with Gasteiger partial charge in [0.05, 0.1) is 13.2 Å². The molecule has 0 aliphatic carbocycles. The molecule has 0 aromatic carbocycles. The molecule has 110 valence electrons. The first-order valence-corrected chi connectivity index (χ1v) is 7.36.